The fraction of sp³-hybridized carbons (Fsp3) is 0.588. The number of halogens is 5. The van der Waals surface area contributed by atoms with E-state index in [1.54, 1.807) is 0 Å². The van der Waals surface area contributed by atoms with Gasteiger partial charge in [0.2, 0.25) is 0 Å². The first kappa shape index (κ1) is 23.3. The molecule has 2 N–H and O–H groups in total. The van der Waals surface area contributed by atoms with Gasteiger partial charge in [-0.1, -0.05) is 29.8 Å². The van der Waals surface area contributed by atoms with Gasteiger partial charge in [0.05, 0.1) is 6.54 Å². The molecule has 1 aromatic carbocycles. The van der Waals surface area contributed by atoms with Gasteiger partial charge in [-0.25, -0.2) is 0 Å². The highest BCUT2D eigenvalue weighted by atomic mass is 127. The Morgan fingerprint density at radius 2 is 2.08 bits per heavy atom. The van der Waals surface area contributed by atoms with Gasteiger partial charge in [0.1, 0.15) is 0 Å². The lowest BCUT2D eigenvalue weighted by molar-refractivity contribution is -0.143. The zero-order valence-electron chi connectivity index (χ0n) is 14.7. The van der Waals surface area contributed by atoms with Crippen LogP contribution in [0.25, 0.3) is 0 Å². The van der Waals surface area contributed by atoms with Crippen molar-refractivity contribution in [3.63, 3.8) is 0 Å². The number of likely N-dealkylation sites (tertiary alicyclic amines) is 1. The van der Waals surface area contributed by atoms with E-state index < -0.39 is 12.7 Å². The molecule has 0 amide bonds. The molecule has 4 nitrogen and oxygen atoms in total. The molecule has 0 saturated carbocycles. The van der Waals surface area contributed by atoms with Crippen LogP contribution in [0, 0.1) is 0 Å². The van der Waals surface area contributed by atoms with Crippen molar-refractivity contribution in [3.8, 4) is 0 Å². The van der Waals surface area contributed by atoms with Gasteiger partial charge < -0.3 is 10.6 Å². The molecule has 0 bridgehead atoms. The van der Waals surface area contributed by atoms with Crippen LogP contribution in [0.5, 0.6) is 0 Å². The predicted octanol–water partition coefficient (Wildman–Crippen LogP) is 3.69. The molecular formula is C17H25ClF3IN4. The maximum atomic E-state index is 12.5. The van der Waals surface area contributed by atoms with E-state index in [2.05, 4.69) is 15.6 Å². The number of alkyl halides is 3. The standard InChI is InChI=1S/C17H24ClF3N4.HI/c1-2-22-16(23-9-7-13-5-3-4-6-15(13)18)24-14-8-10-25(11-14)12-17(19,20)21;/h3-6,14H,2,7-12H2,1H3,(H2,22,23,24);1H. The van der Waals surface area contributed by atoms with E-state index >= 15 is 0 Å². The molecule has 1 fully saturated rings. The van der Waals surface area contributed by atoms with Crippen LogP contribution in [0.15, 0.2) is 29.3 Å². The molecule has 1 aliphatic rings. The minimum Gasteiger partial charge on any atom is -0.357 e. The Labute approximate surface area is 174 Å². The number of hydrogen-bond donors (Lipinski definition) is 2. The number of hydrogen-bond acceptors (Lipinski definition) is 2. The zero-order chi connectivity index (χ0) is 18.3. The number of benzene rings is 1. The number of guanidine groups is 1. The Kier molecular flexibility index (Phi) is 10.0. The fourth-order valence-electron chi connectivity index (χ4n) is 2.85. The average Bonchev–Trinajstić information content (AvgIpc) is 2.94. The molecule has 26 heavy (non-hydrogen) atoms. The molecule has 0 aromatic heterocycles. The van der Waals surface area contributed by atoms with Crippen LogP contribution in [0.4, 0.5) is 13.2 Å². The zero-order valence-corrected chi connectivity index (χ0v) is 17.7. The molecule has 1 atom stereocenters. The summed E-state index contributed by atoms with van der Waals surface area (Å²) in [6.45, 7) is 3.15. The van der Waals surface area contributed by atoms with Crippen molar-refractivity contribution < 1.29 is 13.2 Å². The first-order chi connectivity index (χ1) is 11.9. The number of nitrogens with zero attached hydrogens (tertiary/aromatic N) is 2. The van der Waals surface area contributed by atoms with Gasteiger partial charge in [0.15, 0.2) is 5.96 Å². The van der Waals surface area contributed by atoms with Crippen LogP contribution in [0.1, 0.15) is 18.9 Å². The molecular weight excluding hydrogens is 480 g/mol. The summed E-state index contributed by atoms with van der Waals surface area (Å²) in [5.41, 5.74) is 1.03. The molecule has 0 aliphatic carbocycles. The van der Waals surface area contributed by atoms with Gasteiger partial charge in [-0.05, 0) is 31.4 Å². The first-order valence-corrected chi connectivity index (χ1v) is 8.82. The van der Waals surface area contributed by atoms with Crippen LogP contribution in [-0.4, -0.2) is 55.8 Å². The molecule has 1 heterocycles. The van der Waals surface area contributed by atoms with E-state index in [-0.39, 0.29) is 30.0 Å². The highest BCUT2D eigenvalue weighted by Crippen LogP contribution is 2.20. The molecule has 0 radical (unpaired) electrons. The van der Waals surface area contributed by atoms with Crippen molar-refractivity contribution in [1.82, 2.24) is 15.5 Å². The molecule has 1 aromatic rings. The summed E-state index contributed by atoms with van der Waals surface area (Å²) in [4.78, 5) is 5.93. The second-order valence-corrected chi connectivity index (χ2v) is 6.49. The lowest BCUT2D eigenvalue weighted by Crippen LogP contribution is -2.45. The summed E-state index contributed by atoms with van der Waals surface area (Å²) in [5, 5.41) is 7.09. The molecule has 1 unspecified atom stereocenters. The maximum absolute atomic E-state index is 12.5. The first-order valence-electron chi connectivity index (χ1n) is 8.44. The van der Waals surface area contributed by atoms with E-state index in [0.29, 0.717) is 50.0 Å². The van der Waals surface area contributed by atoms with Crippen LogP contribution < -0.4 is 10.6 Å². The van der Waals surface area contributed by atoms with E-state index in [4.69, 9.17) is 11.6 Å². The SMILES string of the molecule is CCNC(=NCCc1ccccc1Cl)NC1CCN(CC(F)(F)F)C1.I. The van der Waals surface area contributed by atoms with Crippen LogP contribution >= 0.6 is 35.6 Å². The summed E-state index contributed by atoms with van der Waals surface area (Å²) >= 11 is 6.13. The van der Waals surface area contributed by atoms with E-state index in [1.807, 2.05) is 31.2 Å². The third-order valence-electron chi connectivity index (χ3n) is 3.97. The average molecular weight is 505 g/mol. The molecule has 0 spiro atoms. The smallest absolute Gasteiger partial charge is 0.357 e. The van der Waals surface area contributed by atoms with Crippen molar-refractivity contribution in [2.75, 3.05) is 32.7 Å². The largest absolute Gasteiger partial charge is 0.401 e. The Morgan fingerprint density at radius 1 is 1.35 bits per heavy atom. The highest BCUT2D eigenvalue weighted by molar-refractivity contribution is 14.0. The number of nitrogens with one attached hydrogen (secondary N) is 2. The minimum atomic E-state index is -4.15. The van der Waals surface area contributed by atoms with Crippen molar-refractivity contribution in [2.24, 2.45) is 4.99 Å². The third-order valence-corrected chi connectivity index (χ3v) is 4.34. The van der Waals surface area contributed by atoms with Gasteiger partial charge in [0, 0.05) is 37.2 Å². The summed E-state index contributed by atoms with van der Waals surface area (Å²) in [6.07, 6.45) is -2.77. The number of rotatable bonds is 6. The highest BCUT2D eigenvalue weighted by Gasteiger charge is 2.34. The topological polar surface area (TPSA) is 39.7 Å². The Balaban J connectivity index is 0.00000338. The van der Waals surface area contributed by atoms with E-state index in [1.165, 1.54) is 4.90 Å². The lowest BCUT2D eigenvalue weighted by atomic mass is 10.1. The Hall–Kier alpha value is -0.740. The van der Waals surface area contributed by atoms with Crippen molar-refractivity contribution >= 4 is 41.5 Å². The third kappa shape index (κ3) is 8.30. The number of aliphatic imine (C=N–C) groups is 1. The molecule has 1 saturated heterocycles. The summed E-state index contributed by atoms with van der Waals surface area (Å²) < 4.78 is 37.4. The van der Waals surface area contributed by atoms with Gasteiger partial charge >= 0.3 is 6.18 Å². The van der Waals surface area contributed by atoms with Gasteiger partial charge in [-0.2, -0.15) is 13.2 Å². The van der Waals surface area contributed by atoms with Gasteiger partial charge in [-0.15, -0.1) is 24.0 Å². The van der Waals surface area contributed by atoms with Gasteiger partial charge in [-0.3, -0.25) is 9.89 Å². The molecule has 2 rings (SSSR count). The molecule has 9 heteroatoms. The summed E-state index contributed by atoms with van der Waals surface area (Å²) in [7, 11) is 0. The van der Waals surface area contributed by atoms with E-state index in [0.717, 1.165) is 5.56 Å². The van der Waals surface area contributed by atoms with Crippen molar-refractivity contribution in [3.05, 3.63) is 34.9 Å². The Morgan fingerprint density at radius 3 is 2.73 bits per heavy atom. The molecule has 1 aliphatic heterocycles. The quantitative estimate of drug-likeness (QED) is 0.353. The maximum Gasteiger partial charge on any atom is 0.401 e. The Bertz CT molecular complexity index is 583. The van der Waals surface area contributed by atoms with Crippen LogP contribution in [-0.2, 0) is 6.42 Å². The van der Waals surface area contributed by atoms with Crippen LogP contribution in [0.3, 0.4) is 0 Å². The fourth-order valence-corrected chi connectivity index (χ4v) is 3.08. The second-order valence-electron chi connectivity index (χ2n) is 6.08. The second kappa shape index (κ2) is 11.2. The summed E-state index contributed by atoms with van der Waals surface area (Å²) in [6, 6.07) is 7.60. The monoisotopic (exact) mass is 504 g/mol. The normalized spacial score (nSPS) is 18.5. The van der Waals surface area contributed by atoms with Crippen molar-refractivity contribution in [2.45, 2.75) is 32.0 Å². The van der Waals surface area contributed by atoms with E-state index in [9.17, 15) is 13.2 Å². The van der Waals surface area contributed by atoms with Gasteiger partial charge in [0.25, 0.3) is 0 Å². The lowest BCUT2D eigenvalue weighted by Gasteiger charge is -2.19. The summed E-state index contributed by atoms with van der Waals surface area (Å²) in [5.74, 6) is 0.633. The van der Waals surface area contributed by atoms with Crippen LogP contribution in [0.2, 0.25) is 5.02 Å². The van der Waals surface area contributed by atoms with Crippen molar-refractivity contribution in [1.29, 1.82) is 0 Å². The minimum absolute atomic E-state index is 0. The molecule has 148 valence electrons. The predicted molar refractivity (Wildman–Crippen MR) is 111 cm³/mol.